The molecule has 3 rings (SSSR count). The van der Waals surface area contributed by atoms with Crippen LogP contribution in [0.25, 0.3) is 5.69 Å². The molecule has 0 amide bonds. The van der Waals surface area contributed by atoms with Gasteiger partial charge in [0.25, 0.3) is 0 Å². The molecule has 0 unspecified atom stereocenters. The first-order valence-electron chi connectivity index (χ1n) is 6.03. The maximum Gasteiger partial charge on any atom is 0.0971 e. The van der Waals surface area contributed by atoms with Gasteiger partial charge in [-0.15, -0.1) is 5.10 Å². The average Bonchev–Trinajstić information content (AvgIpc) is 2.89. The number of hydrogen-bond donors (Lipinski definition) is 0. The van der Waals surface area contributed by atoms with E-state index in [1.807, 2.05) is 18.3 Å². The molecule has 0 saturated carbocycles. The van der Waals surface area contributed by atoms with Gasteiger partial charge in [0.15, 0.2) is 0 Å². The molecule has 1 aliphatic heterocycles. The molecule has 0 atom stereocenters. The average molecular weight is 245 g/mol. The minimum Gasteiger partial charge on any atom is -0.379 e. The molecule has 6 nitrogen and oxygen atoms in total. The van der Waals surface area contributed by atoms with E-state index in [0.29, 0.717) is 0 Å². The molecule has 2 aromatic heterocycles. The molecule has 0 spiro atoms. The van der Waals surface area contributed by atoms with Gasteiger partial charge < -0.3 is 4.74 Å². The lowest BCUT2D eigenvalue weighted by Crippen LogP contribution is -2.35. The van der Waals surface area contributed by atoms with Crippen molar-refractivity contribution in [3.63, 3.8) is 0 Å². The number of ether oxygens (including phenoxy) is 1. The van der Waals surface area contributed by atoms with Gasteiger partial charge in [-0.3, -0.25) is 9.88 Å². The van der Waals surface area contributed by atoms with Crippen molar-refractivity contribution in [1.29, 1.82) is 0 Å². The van der Waals surface area contributed by atoms with Gasteiger partial charge in [0.2, 0.25) is 0 Å². The third-order valence-electron chi connectivity index (χ3n) is 2.94. The Morgan fingerprint density at radius 3 is 2.94 bits per heavy atom. The van der Waals surface area contributed by atoms with Crippen LogP contribution in [0.15, 0.2) is 30.7 Å². The highest BCUT2D eigenvalue weighted by molar-refractivity contribution is 5.26. The van der Waals surface area contributed by atoms with Crippen LogP contribution < -0.4 is 0 Å². The molecule has 0 aliphatic carbocycles. The van der Waals surface area contributed by atoms with Gasteiger partial charge in [-0.1, -0.05) is 5.21 Å². The fourth-order valence-electron chi connectivity index (χ4n) is 1.97. The summed E-state index contributed by atoms with van der Waals surface area (Å²) in [5, 5.41) is 8.31. The van der Waals surface area contributed by atoms with Crippen molar-refractivity contribution in [2.24, 2.45) is 0 Å². The minimum absolute atomic E-state index is 0.802. The van der Waals surface area contributed by atoms with Crippen LogP contribution in [0.5, 0.6) is 0 Å². The zero-order valence-corrected chi connectivity index (χ0v) is 10.1. The molecule has 1 saturated heterocycles. The van der Waals surface area contributed by atoms with Crippen LogP contribution in [0.1, 0.15) is 5.69 Å². The van der Waals surface area contributed by atoms with Gasteiger partial charge in [-0.2, -0.15) is 0 Å². The Hall–Kier alpha value is -1.79. The molecule has 1 aliphatic rings. The predicted molar refractivity (Wildman–Crippen MR) is 65.3 cm³/mol. The summed E-state index contributed by atoms with van der Waals surface area (Å²) in [5.41, 5.74) is 1.90. The summed E-state index contributed by atoms with van der Waals surface area (Å²) >= 11 is 0. The summed E-state index contributed by atoms with van der Waals surface area (Å²) in [7, 11) is 0. The van der Waals surface area contributed by atoms with Crippen LogP contribution in [0.2, 0.25) is 0 Å². The first-order chi connectivity index (χ1) is 8.92. The third kappa shape index (κ3) is 2.55. The molecule has 0 N–H and O–H groups in total. The maximum absolute atomic E-state index is 5.32. The Morgan fingerprint density at radius 2 is 2.17 bits per heavy atom. The minimum atomic E-state index is 0.802. The molecule has 0 radical (unpaired) electrons. The van der Waals surface area contributed by atoms with Crippen molar-refractivity contribution in [3.8, 4) is 5.69 Å². The van der Waals surface area contributed by atoms with Crippen LogP contribution in [-0.4, -0.2) is 51.2 Å². The van der Waals surface area contributed by atoms with E-state index in [9.17, 15) is 0 Å². The van der Waals surface area contributed by atoms with Crippen LogP contribution >= 0.6 is 0 Å². The summed E-state index contributed by atoms with van der Waals surface area (Å²) in [5.74, 6) is 0. The van der Waals surface area contributed by atoms with E-state index in [-0.39, 0.29) is 0 Å². The van der Waals surface area contributed by atoms with Crippen LogP contribution in [0.3, 0.4) is 0 Å². The summed E-state index contributed by atoms with van der Waals surface area (Å²) in [6.45, 7) is 4.34. The maximum atomic E-state index is 5.32. The first kappa shape index (κ1) is 11.3. The van der Waals surface area contributed by atoms with E-state index >= 15 is 0 Å². The first-order valence-corrected chi connectivity index (χ1v) is 6.03. The number of morpholine rings is 1. The lowest BCUT2D eigenvalue weighted by Gasteiger charge is -2.25. The summed E-state index contributed by atoms with van der Waals surface area (Å²) in [6.07, 6.45) is 5.47. The Labute approximate surface area is 105 Å². The SMILES string of the molecule is c1cncc(-n2cc(CN3CCOCC3)nn2)c1. The van der Waals surface area contributed by atoms with E-state index in [1.165, 1.54) is 0 Å². The Balaban J connectivity index is 1.69. The molecule has 0 bridgehead atoms. The van der Waals surface area contributed by atoms with E-state index in [1.54, 1.807) is 17.1 Å². The number of aromatic nitrogens is 4. The van der Waals surface area contributed by atoms with Crippen molar-refractivity contribution in [1.82, 2.24) is 24.9 Å². The van der Waals surface area contributed by atoms with Gasteiger partial charge >= 0.3 is 0 Å². The van der Waals surface area contributed by atoms with Gasteiger partial charge in [0, 0.05) is 25.8 Å². The Morgan fingerprint density at radius 1 is 1.28 bits per heavy atom. The van der Waals surface area contributed by atoms with E-state index in [4.69, 9.17) is 4.74 Å². The van der Waals surface area contributed by atoms with Crippen molar-refractivity contribution < 1.29 is 4.74 Å². The zero-order chi connectivity index (χ0) is 12.2. The fourth-order valence-corrected chi connectivity index (χ4v) is 1.97. The normalized spacial score (nSPS) is 16.9. The second-order valence-electron chi connectivity index (χ2n) is 4.25. The summed E-state index contributed by atoms with van der Waals surface area (Å²) < 4.78 is 7.07. The number of rotatable bonds is 3. The quantitative estimate of drug-likeness (QED) is 0.788. The van der Waals surface area contributed by atoms with Gasteiger partial charge in [0.1, 0.15) is 0 Å². The highest BCUT2D eigenvalue weighted by Crippen LogP contribution is 2.07. The molecular formula is C12H15N5O. The lowest BCUT2D eigenvalue weighted by molar-refractivity contribution is 0.0336. The van der Waals surface area contributed by atoms with E-state index < -0.39 is 0 Å². The Kier molecular flexibility index (Phi) is 3.29. The van der Waals surface area contributed by atoms with Crippen molar-refractivity contribution in [2.45, 2.75) is 6.54 Å². The van der Waals surface area contributed by atoms with Gasteiger partial charge in [-0.05, 0) is 12.1 Å². The molecule has 0 aromatic carbocycles. The van der Waals surface area contributed by atoms with Crippen LogP contribution in [-0.2, 0) is 11.3 Å². The monoisotopic (exact) mass is 245 g/mol. The second-order valence-corrected chi connectivity index (χ2v) is 4.25. The fraction of sp³-hybridized carbons (Fsp3) is 0.417. The van der Waals surface area contributed by atoms with Crippen molar-refractivity contribution >= 4 is 0 Å². The van der Waals surface area contributed by atoms with E-state index in [2.05, 4.69) is 20.2 Å². The van der Waals surface area contributed by atoms with Crippen LogP contribution in [0, 0.1) is 0 Å². The largest absolute Gasteiger partial charge is 0.379 e. The van der Waals surface area contributed by atoms with Crippen molar-refractivity contribution in [2.75, 3.05) is 26.3 Å². The number of hydrogen-bond acceptors (Lipinski definition) is 5. The number of pyridine rings is 1. The topological polar surface area (TPSA) is 56.1 Å². The zero-order valence-electron chi connectivity index (χ0n) is 10.1. The molecule has 2 aromatic rings. The molecule has 94 valence electrons. The van der Waals surface area contributed by atoms with Crippen molar-refractivity contribution in [3.05, 3.63) is 36.4 Å². The molecule has 6 heteroatoms. The summed E-state index contributed by atoms with van der Waals surface area (Å²) in [6, 6.07) is 3.85. The highest BCUT2D eigenvalue weighted by atomic mass is 16.5. The Bertz CT molecular complexity index is 492. The molecule has 3 heterocycles. The standard InChI is InChI=1S/C12H15N5O/c1-2-12(8-13-3-1)17-10-11(14-15-17)9-16-4-6-18-7-5-16/h1-3,8,10H,4-7,9H2. The second kappa shape index (κ2) is 5.24. The highest BCUT2D eigenvalue weighted by Gasteiger charge is 2.12. The van der Waals surface area contributed by atoms with Gasteiger partial charge in [0.05, 0.1) is 37.0 Å². The molecule has 18 heavy (non-hydrogen) atoms. The third-order valence-corrected chi connectivity index (χ3v) is 2.94. The molecular weight excluding hydrogens is 230 g/mol. The molecule has 1 fully saturated rings. The van der Waals surface area contributed by atoms with E-state index in [0.717, 1.165) is 44.2 Å². The van der Waals surface area contributed by atoms with Crippen LogP contribution in [0.4, 0.5) is 0 Å². The van der Waals surface area contributed by atoms with Gasteiger partial charge in [-0.25, -0.2) is 4.68 Å². The lowest BCUT2D eigenvalue weighted by atomic mass is 10.3. The predicted octanol–water partition coefficient (Wildman–Crippen LogP) is 0.494. The number of nitrogens with zero attached hydrogens (tertiary/aromatic N) is 5. The smallest absolute Gasteiger partial charge is 0.0971 e. The summed E-state index contributed by atoms with van der Waals surface area (Å²) in [4.78, 5) is 6.39.